The monoisotopic (exact) mass is 262 g/mol. The summed E-state index contributed by atoms with van der Waals surface area (Å²) in [5, 5.41) is 3.16. The Kier molecular flexibility index (Phi) is 4.93. The highest BCUT2D eigenvalue weighted by Crippen LogP contribution is 2.20. The Bertz CT molecular complexity index is 417. The molecule has 1 aromatic carbocycles. The van der Waals surface area contributed by atoms with E-state index in [4.69, 9.17) is 4.74 Å². The van der Waals surface area contributed by atoms with Gasteiger partial charge in [0.15, 0.2) is 0 Å². The van der Waals surface area contributed by atoms with Crippen molar-refractivity contribution in [2.24, 2.45) is 0 Å². The van der Waals surface area contributed by atoms with Crippen LogP contribution in [0, 0.1) is 0 Å². The van der Waals surface area contributed by atoms with Crippen molar-refractivity contribution >= 4 is 5.91 Å². The number of nitrogens with zero attached hydrogens (tertiary/aromatic N) is 1. The van der Waals surface area contributed by atoms with Gasteiger partial charge in [-0.15, -0.1) is 0 Å². The summed E-state index contributed by atoms with van der Waals surface area (Å²) < 4.78 is 5.07. The number of nitrogens with one attached hydrogen (secondary N) is 1. The van der Waals surface area contributed by atoms with Gasteiger partial charge in [0.05, 0.1) is 6.61 Å². The summed E-state index contributed by atoms with van der Waals surface area (Å²) in [6, 6.07) is 8.03. The quantitative estimate of drug-likeness (QED) is 0.877. The molecule has 19 heavy (non-hydrogen) atoms. The number of hydrogen-bond donors (Lipinski definition) is 1. The zero-order chi connectivity index (χ0) is 13.7. The number of ether oxygens (including phenoxy) is 1. The van der Waals surface area contributed by atoms with Crippen LogP contribution in [0.4, 0.5) is 0 Å². The molecule has 1 aliphatic heterocycles. The Hall–Kier alpha value is -1.39. The number of hydrogen-bond acceptors (Lipinski definition) is 3. The van der Waals surface area contributed by atoms with Crippen molar-refractivity contribution in [1.82, 2.24) is 10.2 Å². The Morgan fingerprint density at radius 2 is 2.16 bits per heavy atom. The minimum atomic E-state index is 0.140. The van der Waals surface area contributed by atoms with Gasteiger partial charge in [0.1, 0.15) is 0 Å². The van der Waals surface area contributed by atoms with Crippen LogP contribution in [0.3, 0.4) is 0 Å². The second-order valence-corrected chi connectivity index (χ2v) is 4.98. The first-order chi connectivity index (χ1) is 9.26. The molecular weight excluding hydrogens is 240 g/mol. The first kappa shape index (κ1) is 14.0. The third-order valence-corrected chi connectivity index (χ3v) is 3.59. The maximum Gasteiger partial charge on any atom is 0.254 e. The predicted octanol–water partition coefficient (Wildman–Crippen LogP) is 1.66. The van der Waals surface area contributed by atoms with Crippen molar-refractivity contribution in [3.63, 3.8) is 0 Å². The lowest BCUT2D eigenvalue weighted by atomic mass is 10.1. The van der Waals surface area contributed by atoms with Gasteiger partial charge in [-0.2, -0.15) is 0 Å². The molecule has 4 nitrogen and oxygen atoms in total. The highest BCUT2D eigenvalue weighted by molar-refractivity contribution is 5.94. The summed E-state index contributed by atoms with van der Waals surface area (Å²) in [7, 11) is 3.60. The molecule has 0 aliphatic carbocycles. The Labute approximate surface area is 114 Å². The Morgan fingerprint density at radius 3 is 2.79 bits per heavy atom. The molecule has 1 saturated heterocycles. The number of amides is 1. The fourth-order valence-corrected chi connectivity index (χ4v) is 2.63. The second kappa shape index (κ2) is 6.68. The van der Waals surface area contributed by atoms with E-state index in [0.717, 1.165) is 37.1 Å². The zero-order valence-electron chi connectivity index (χ0n) is 11.7. The van der Waals surface area contributed by atoms with E-state index < -0.39 is 0 Å². The molecule has 0 unspecified atom stereocenters. The molecule has 0 spiro atoms. The van der Waals surface area contributed by atoms with Gasteiger partial charge in [0.2, 0.25) is 0 Å². The molecule has 0 radical (unpaired) electrons. The molecule has 1 aliphatic rings. The number of rotatable bonds is 5. The van der Waals surface area contributed by atoms with Gasteiger partial charge in [0, 0.05) is 31.8 Å². The molecule has 1 amide bonds. The average Bonchev–Trinajstić information content (AvgIpc) is 2.88. The van der Waals surface area contributed by atoms with E-state index in [9.17, 15) is 4.79 Å². The fourth-order valence-electron chi connectivity index (χ4n) is 2.63. The number of likely N-dealkylation sites (tertiary alicyclic amines) is 1. The van der Waals surface area contributed by atoms with Crippen molar-refractivity contribution in [2.75, 3.05) is 27.2 Å². The summed E-state index contributed by atoms with van der Waals surface area (Å²) in [4.78, 5) is 14.5. The van der Waals surface area contributed by atoms with Crippen LogP contribution in [0.1, 0.15) is 28.8 Å². The minimum absolute atomic E-state index is 0.140. The van der Waals surface area contributed by atoms with Crippen LogP contribution in [0.25, 0.3) is 0 Å². The summed E-state index contributed by atoms with van der Waals surface area (Å²) in [6.45, 7) is 2.32. The third kappa shape index (κ3) is 3.33. The summed E-state index contributed by atoms with van der Waals surface area (Å²) >= 11 is 0. The first-order valence-electron chi connectivity index (χ1n) is 6.79. The van der Waals surface area contributed by atoms with E-state index in [1.165, 1.54) is 0 Å². The van der Waals surface area contributed by atoms with Crippen molar-refractivity contribution in [3.8, 4) is 0 Å². The molecule has 104 valence electrons. The van der Waals surface area contributed by atoms with Crippen molar-refractivity contribution < 1.29 is 9.53 Å². The maximum absolute atomic E-state index is 12.5. The molecule has 1 N–H and O–H groups in total. The first-order valence-corrected chi connectivity index (χ1v) is 6.79. The molecular formula is C15H22N2O2. The summed E-state index contributed by atoms with van der Waals surface area (Å²) in [5.41, 5.74) is 1.86. The van der Waals surface area contributed by atoms with Crippen molar-refractivity contribution in [3.05, 3.63) is 35.4 Å². The molecule has 4 heteroatoms. The molecule has 1 heterocycles. The molecule has 1 fully saturated rings. The lowest BCUT2D eigenvalue weighted by Crippen LogP contribution is -2.40. The van der Waals surface area contributed by atoms with Gasteiger partial charge in [-0.05, 0) is 37.6 Å². The van der Waals surface area contributed by atoms with Gasteiger partial charge in [-0.3, -0.25) is 4.79 Å². The van der Waals surface area contributed by atoms with Crippen LogP contribution in [0.15, 0.2) is 24.3 Å². The SMILES string of the molecule is CNC[C@@H]1CCCN1C(=O)c1ccc(COC)cc1. The van der Waals surface area contributed by atoms with Crippen LogP contribution < -0.4 is 5.32 Å². The van der Waals surface area contributed by atoms with Crippen LogP contribution in [0.5, 0.6) is 0 Å². The number of methoxy groups -OCH3 is 1. The summed E-state index contributed by atoms with van der Waals surface area (Å²) in [6.07, 6.45) is 2.19. The van der Waals surface area contributed by atoms with Crippen molar-refractivity contribution in [2.45, 2.75) is 25.5 Å². The molecule has 0 saturated carbocycles. The highest BCUT2D eigenvalue weighted by atomic mass is 16.5. The Morgan fingerprint density at radius 1 is 1.42 bits per heavy atom. The minimum Gasteiger partial charge on any atom is -0.380 e. The standard InChI is InChI=1S/C15H22N2O2/c1-16-10-14-4-3-9-17(14)15(18)13-7-5-12(6-8-13)11-19-2/h5-8,14,16H,3-4,9-11H2,1-2H3/t14-/m0/s1. The lowest BCUT2D eigenvalue weighted by molar-refractivity contribution is 0.0737. The lowest BCUT2D eigenvalue weighted by Gasteiger charge is -2.24. The van der Waals surface area contributed by atoms with Crippen molar-refractivity contribution in [1.29, 1.82) is 0 Å². The van der Waals surface area contributed by atoms with Gasteiger partial charge >= 0.3 is 0 Å². The van der Waals surface area contributed by atoms with E-state index in [1.54, 1.807) is 7.11 Å². The van der Waals surface area contributed by atoms with E-state index in [-0.39, 0.29) is 5.91 Å². The Balaban J connectivity index is 2.06. The second-order valence-electron chi connectivity index (χ2n) is 4.98. The van der Waals surface area contributed by atoms with Crippen LogP contribution in [0.2, 0.25) is 0 Å². The average molecular weight is 262 g/mol. The van der Waals surface area contributed by atoms with Gasteiger partial charge in [0.25, 0.3) is 5.91 Å². The van der Waals surface area contributed by atoms with Gasteiger partial charge in [-0.25, -0.2) is 0 Å². The smallest absolute Gasteiger partial charge is 0.254 e. The van der Waals surface area contributed by atoms with Gasteiger partial charge in [-0.1, -0.05) is 12.1 Å². The number of benzene rings is 1. The van der Waals surface area contributed by atoms with Crippen LogP contribution in [-0.4, -0.2) is 44.1 Å². The fraction of sp³-hybridized carbons (Fsp3) is 0.533. The van der Waals surface area contributed by atoms with E-state index in [1.807, 2.05) is 36.2 Å². The largest absolute Gasteiger partial charge is 0.380 e. The number of likely N-dealkylation sites (N-methyl/N-ethyl adjacent to an activating group) is 1. The van der Waals surface area contributed by atoms with E-state index >= 15 is 0 Å². The molecule has 0 aromatic heterocycles. The van der Waals surface area contributed by atoms with Crippen LogP contribution in [-0.2, 0) is 11.3 Å². The third-order valence-electron chi connectivity index (χ3n) is 3.59. The van der Waals surface area contributed by atoms with E-state index in [0.29, 0.717) is 12.6 Å². The zero-order valence-corrected chi connectivity index (χ0v) is 11.7. The van der Waals surface area contributed by atoms with Gasteiger partial charge < -0.3 is 15.0 Å². The number of carbonyl (C=O) groups excluding carboxylic acids is 1. The topological polar surface area (TPSA) is 41.6 Å². The predicted molar refractivity (Wildman–Crippen MR) is 75.1 cm³/mol. The highest BCUT2D eigenvalue weighted by Gasteiger charge is 2.28. The number of carbonyl (C=O) groups is 1. The van der Waals surface area contributed by atoms with E-state index in [2.05, 4.69) is 5.32 Å². The summed E-state index contributed by atoms with van der Waals surface area (Å²) in [5.74, 6) is 0.140. The molecule has 2 rings (SSSR count). The van der Waals surface area contributed by atoms with Crippen LogP contribution >= 0.6 is 0 Å². The molecule has 1 aromatic rings. The molecule has 0 bridgehead atoms. The normalized spacial score (nSPS) is 18.8. The molecule has 1 atom stereocenters. The maximum atomic E-state index is 12.5.